The van der Waals surface area contributed by atoms with Gasteiger partial charge in [0.1, 0.15) is 0 Å². The number of benzene rings is 1. The summed E-state index contributed by atoms with van der Waals surface area (Å²) in [5.41, 5.74) is 1.57. The van der Waals surface area contributed by atoms with Gasteiger partial charge in [-0.3, -0.25) is 0 Å². The standard InChI is InChI=1S/C13H10ClN3O/c1-18-11-6-3-7-17-13(11)15-12(16-17)9-4-2-5-10(14)8-9/h2-8H,1H3. The van der Waals surface area contributed by atoms with Gasteiger partial charge in [-0.15, -0.1) is 5.10 Å². The number of aromatic nitrogens is 3. The first-order chi connectivity index (χ1) is 8.78. The zero-order valence-corrected chi connectivity index (χ0v) is 10.4. The van der Waals surface area contributed by atoms with Crippen LogP contribution in [0.25, 0.3) is 17.0 Å². The Bertz CT molecular complexity index is 708. The highest BCUT2D eigenvalue weighted by atomic mass is 35.5. The second kappa shape index (κ2) is 4.31. The van der Waals surface area contributed by atoms with Gasteiger partial charge in [-0.2, -0.15) is 0 Å². The van der Waals surface area contributed by atoms with Crippen LogP contribution >= 0.6 is 11.6 Å². The van der Waals surface area contributed by atoms with E-state index in [-0.39, 0.29) is 0 Å². The summed E-state index contributed by atoms with van der Waals surface area (Å²) in [7, 11) is 1.61. The number of nitrogens with zero attached hydrogens (tertiary/aromatic N) is 3. The van der Waals surface area contributed by atoms with Crippen molar-refractivity contribution in [1.29, 1.82) is 0 Å². The molecule has 3 rings (SSSR count). The molecular weight excluding hydrogens is 250 g/mol. The third-order valence-electron chi connectivity index (χ3n) is 2.63. The molecule has 0 bridgehead atoms. The van der Waals surface area contributed by atoms with Gasteiger partial charge < -0.3 is 4.74 Å². The summed E-state index contributed by atoms with van der Waals surface area (Å²) in [6.07, 6.45) is 1.83. The fourth-order valence-corrected chi connectivity index (χ4v) is 1.98. The van der Waals surface area contributed by atoms with Gasteiger partial charge in [0.05, 0.1) is 7.11 Å². The molecule has 0 fully saturated rings. The lowest BCUT2D eigenvalue weighted by molar-refractivity contribution is 0.416. The molecule has 0 radical (unpaired) electrons. The van der Waals surface area contributed by atoms with Gasteiger partial charge in [0.15, 0.2) is 17.2 Å². The van der Waals surface area contributed by atoms with Gasteiger partial charge in [0.25, 0.3) is 0 Å². The van der Waals surface area contributed by atoms with Gasteiger partial charge in [-0.25, -0.2) is 9.50 Å². The number of methoxy groups -OCH3 is 1. The summed E-state index contributed by atoms with van der Waals surface area (Å²) in [6, 6.07) is 11.2. The van der Waals surface area contributed by atoms with Crippen LogP contribution in [0.4, 0.5) is 0 Å². The third kappa shape index (κ3) is 1.80. The Hall–Kier alpha value is -2.07. The summed E-state index contributed by atoms with van der Waals surface area (Å²) in [6.45, 7) is 0. The summed E-state index contributed by atoms with van der Waals surface area (Å²) in [5, 5.41) is 5.06. The molecule has 0 aliphatic heterocycles. The van der Waals surface area contributed by atoms with Gasteiger partial charge in [-0.1, -0.05) is 23.7 Å². The molecule has 0 atom stereocenters. The summed E-state index contributed by atoms with van der Waals surface area (Å²) in [5.74, 6) is 1.32. The van der Waals surface area contributed by atoms with Crippen molar-refractivity contribution in [2.75, 3.05) is 7.11 Å². The van der Waals surface area contributed by atoms with Crippen molar-refractivity contribution in [3.8, 4) is 17.1 Å². The van der Waals surface area contributed by atoms with Gasteiger partial charge in [0.2, 0.25) is 0 Å². The molecule has 18 heavy (non-hydrogen) atoms. The summed E-state index contributed by atoms with van der Waals surface area (Å²) < 4.78 is 6.94. The molecule has 0 saturated heterocycles. The van der Waals surface area contributed by atoms with Crippen LogP contribution in [0.5, 0.6) is 5.75 Å². The van der Waals surface area contributed by atoms with E-state index in [9.17, 15) is 0 Å². The number of pyridine rings is 1. The van der Waals surface area contributed by atoms with Crippen LogP contribution in [0.3, 0.4) is 0 Å². The highest BCUT2D eigenvalue weighted by Crippen LogP contribution is 2.23. The molecule has 0 amide bonds. The molecule has 0 saturated carbocycles. The third-order valence-corrected chi connectivity index (χ3v) is 2.86. The smallest absolute Gasteiger partial charge is 0.198 e. The maximum absolute atomic E-state index is 5.96. The lowest BCUT2D eigenvalue weighted by Crippen LogP contribution is -1.90. The maximum atomic E-state index is 5.96. The average Bonchev–Trinajstić information content (AvgIpc) is 2.82. The Morgan fingerprint density at radius 1 is 1.22 bits per heavy atom. The number of hydrogen-bond acceptors (Lipinski definition) is 3. The fourth-order valence-electron chi connectivity index (χ4n) is 1.79. The normalized spacial score (nSPS) is 10.8. The minimum Gasteiger partial charge on any atom is -0.493 e. The molecule has 0 N–H and O–H groups in total. The largest absolute Gasteiger partial charge is 0.493 e. The molecule has 2 heterocycles. The van der Waals surface area contributed by atoms with Crippen molar-refractivity contribution >= 4 is 17.2 Å². The van der Waals surface area contributed by atoms with Crippen molar-refractivity contribution in [2.45, 2.75) is 0 Å². The van der Waals surface area contributed by atoms with E-state index in [2.05, 4.69) is 10.1 Å². The quantitative estimate of drug-likeness (QED) is 0.710. The molecule has 90 valence electrons. The number of ether oxygens (including phenoxy) is 1. The highest BCUT2D eigenvalue weighted by molar-refractivity contribution is 6.30. The van der Waals surface area contributed by atoms with Gasteiger partial charge in [-0.05, 0) is 24.3 Å². The minimum atomic E-state index is 0.627. The van der Waals surface area contributed by atoms with E-state index in [0.717, 1.165) is 5.56 Å². The fraction of sp³-hybridized carbons (Fsp3) is 0.0769. The molecular formula is C13H10ClN3O. The van der Waals surface area contributed by atoms with E-state index < -0.39 is 0 Å². The van der Waals surface area contributed by atoms with Crippen LogP contribution in [0, 0.1) is 0 Å². The highest BCUT2D eigenvalue weighted by Gasteiger charge is 2.09. The van der Waals surface area contributed by atoms with E-state index in [1.165, 1.54) is 0 Å². The van der Waals surface area contributed by atoms with E-state index in [4.69, 9.17) is 16.3 Å². The lowest BCUT2D eigenvalue weighted by atomic mass is 10.2. The zero-order chi connectivity index (χ0) is 12.5. The number of rotatable bonds is 2. The van der Waals surface area contributed by atoms with Crippen LogP contribution in [0.2, 0.25) is 5.02 Å². The SMILES string of the molecule is COc1cccn2nc(-c3cccc(Cl)c3)nc12. The molecule has 0 spiro atoms. The van der Waals surface area contributed by atoms with Crippen LogP contribution in [-0.4, -0.2) is 21.7 Å². The Kier molecular flexibility index (Phi) is 2.64. The van der Waals surface area contributed by atoms with E-state index >= 15 is 0 Å². The van der Waals surface area contributed by atoms with E-state index in [0.29, 0.717) is 22.2 Å². The monoisotopic (exact) mass is 259 g/mol. The molecule has 4 nitrogen and oxygen atoms in total. The van der Waals surface area contributed by atoms with E-state index in [1.54, 1.807) is 11.6 Å². The molecule has 0 unspecified atom stereocenters. The summed E-state index contributed by atoms with van der Waals surface area (Å²) >= 11 is 5.96. The van der Waals surface area contributed by atoms with Crippen molar-refractivity contribution in [2.24, 2.45) is 0 Å². The predicted molar refractivity (Wildman–Crippen MR) is 70.0 cm³/mol. The molecule has 5 heteroatoms. The molecule has 1 aromatic carbocycles. The molecule has 0 aliphatic rings. The van der Waals surface area contributed by atoms with Crippen LogP contribution in [-0.2, 0) is 0 Å². The van der Waals surface area contributed by atoms with Gasteiger partial charge in [0, 0.05) is 16.8 Å². The maximum Gasteiger partial charge on any atom is 0.198 e. The van der Waals surface area contributed by atoms with Gasteiger partial charge >= 0.3 is 0 Å². The first-order valence-electron chi connectivity index (χ1n) is 5.43. The van der Waals surface area contributed by atoms with Crippen molar-refractivity contribution in [3.63, 3.8) is 0 Å². The van der Waals surface area contributed by atoms with Crippen LogP contribution in [0.15, 0.2) is 42.6 Å². The lowest BCUT2D eigenvalue weighted by Gasteiger charge is -1.98. The number of halogens is 1. The first-order valence-corrected chi connectivity index (χ1v) is 5.81. The second-order valence-electron chi connectivity index (χ2n) is 3.79. The number of fused-ring (bicyclic) bond motifs is 1. The molecule has 3 aromatic rings. The predicted octanol–water partition coefficient (Wildman–Crippen LogP) is 3.06. The molecule has 2 aromatic heterocycles. The average molecular weight is 260 g/mol. The van der Waals surface area contributed by atoms with Crippen molar-refractivity contribution in [1.82, 2.24) is 14.6 Å². The minimum absolute atomic E-state index is 0.627. The Balaban J connectivity index is 2.19. The topological polar surface area (TPSA) is 39.4 Å². The second-order valence-corrected chi connectivity index (χ2v) is 4.23. The zero-order valence-electron chi connectivity index (χ0n) is 9.67. The van der Waals surface area contributed by atoms with Crippen molar-refractivity contribution < 1.29 is 4.74 Å². The Labute approximate surface area is 109 Å². The Morgan fingerprint density at radius 3 is 2.89 bits per heavy atom. The number of hydrogen-bond donors (Lipinski definition) is 0. The Morgan fingerprint density at radius 2 is 2.11 bits per heavy atom. The van der Waals surface area contributed by atoms with E-state index in [1.807, 2.05) is 42.6 Å². The van der Waals surface area contributed by atoms with Crippen molar-refractivity contribution in [3.05, 3.63) is 47.6 Å². The van der Waals surface area contributed by atoms with Crippen LogP contribution in [0.1, 0.15) is 0 Å². The molecule has 0 aliphatic carbocycles. The van der Waals surface area contributed by atoms with Crippen LogP contribution < -0.4 is 4.74 Å². The summed E-state index contributed by atoms with van der Waals surface area (Å²) in [4.78, 5) is 4.46. The first kappa shape index (κ1) is 11.0.